The summed E-state index contributed by atoms with van der Waals surface area (Å²) >= 11 is 0. The maximum Gasteiger partial charge on any atom is 0.380 e. The van der Waals surface area contributed by atoms with Crippen molar-refractivity contribution in [2.24, 2.45) is 0 Å². The van der Waals surface area contributed by atoms with E-state index in [1.807, 2.05) is 30.3 Å². The Balaban J connectivity index is 2.42. The Morgan fingerprint density at radius 1 is 1.20 bits per heavy atom. The first kappa shape index (κ1) is 8.41. The molecule has 1 fully saturated rings. The maximum absolute atomic E-state index is 11.6. The smallest absolute Gasteiger partial charge is 0.380 e. The van der Waals surface area contributed by atoms with Gasteiger partial charge in [0, 0.05) is 6.42 Å². The lowest BCUT2D eigenvalue weighted by molar-refractivity contribution is -0.148. The van der Waals surface area contributed by atoms with Crippen LogP contribution in [0.15, 0.2) is 24.3 Å². The first-order chi connectivity index (χ1) is 7.27. The van der Waals surface area contributed by atoms with Gasteiger partial charge in [0.15, 0.2) is 0 Å². The summed E-state index contributed by atoms with van der Waals surface area (Å²) < 4.78 is 4.98. The number of carbonyl (C=O) groups excluding carboxylic acids is 2. The molecule has 0 bridgehead atoms. The van der Waals surface area contributed by atoms with Crippen LogP contribution in [-0.4, -0.2) is 17.9 Å². The summed E-state index contributed by atoms with van der Waals surface area (Å²) in [6.45, 7) is 0. The van der Waals surface area contributed by atoms with E-state index in [0.29, 0.717) is 12.0 Å². The van der Waals surface area contributed by atoms with Crippen LogP contribution in [0, 0.1) is 0 Å². The summed E-state index contributed by atoms with van der Waals surface area (Å²) in [6, 6.07) is 7.57. The highest BCUT2D eigenvalue weighted by Crippen LogP contribution is 2.22. The van der Waals surface area contributed by atoms with Gasteiger partial charge in [-0.3, -0.25) is 4.79 Å². The molecule has 3 nitrogen and oxygen atoms in total. The second-order valence-corrected chi connectivity index (χ2v) is 3.66. The van der Waals surface area contributed by atoms with E-state index in [-0.39, 0.29) is 6.10 Å². The minimum atomic E-state index is -0.722. The molecule has 74 valence electrons. The van der Waals surface area contributed by atoms with Gasteiger partial charge >= 0.3 is 5.97 Å². The molecular formula is C12H8O3. The molecule has 1 saturated heterocycles. The lowest BCUT2D eigenvalue weighted by Gasteiger charge is -2.11. The van der Waals surface area contributed by atoms with Gasteiger partial charge in [-0.25, -0.2) is 4.79 Å². The minimum Gasteiger partial charge on any atom is -0.451 e. The predicted molar refractivity (Wildman–Crippen MR) is 53.1 cm³/mol. The van der Waals surface area contributed by atoms with Crippen LogP contribution in [0.3, 0.4) is 0 Å². The molecule has 1 aromatic rings. The van der Waals surface area contributed by atoms with Crippen molar-refractivity contribution in [2.45, 2.75) is 12.5 Å². The number of ketones is 1. The van der Waals surface area contributed by atoms with Crippen LogP contribution >= 0.6 is 0 Å². The lowest BCUT2D eigenvalue weighted by Crippen LogP contribution is -2.34. The fourth-order valence-corrected chi connectivity index (χ4v) is 2.11. The molecule has 0 saturated carbocycles. The highest BCUT2D eigenvalue weighted by Gasteiger charge is 2.39. The largest absolute Gasteiger partial charge is 0.451 e. The molecule has 3 heteroatoms. The van der Waals surface area contributed by atoms with Crippen molar-refractivity contribution in [2.75, 3.05) is 0 Å². The maximum atomic E-state index is 11.6. The van der Waals surface area contributed by atoms with Gasteiger partial charge in [0.2, 0.25) is 0 Å². The number of rotatable bonds is 0. The fraction of sp³-hybridized carbons (Fsp3) is 0.167. The van der Waals surface area contributed by atoms with Gasteiger partial charge in [-0.15, -0.1) is 0 Å². The number of esters is 1. The van der Waals surface area contributed by atoms with Crippen LogP contribution in [0.5, 0.6) is 0 Å². The molecular weight excluding hydrogens is 192 g/mol. The third-order valence-electron chi connectivity index (χ3n) is 2.80. The average molecular weight is 200 g/mol. The van der Waals surface area contributed by atoms with Crippen molar-refractivity contribution in [1.82, 2.24) is 0 Å². The summed E-state index contributed by atoms with van der Waals surface area (Å²) in [6.07, 6.45) is 2.24. The second kappa shape index (κ2) is 2.79. The topological polar surface area (TPSA) is 43.4 Å². The summed E-state index contributed by atoms with van der Waals surface area (Å²) in [4.78, 5) is 22.7. The molecule has 0 radical (unpaired) electrons. The number of hydrogen-bond acceptors (Lipinski definition) is 3. The first-order valence-corrected chi connectivity index (χ1v) is 4.82. The summed E-state index contributed by atoms with van der Waals surface area (Å²) in [5.74, 6) is -1.21. The Morgan fingerprint density at radius 3 is 2.87 bits per heavy atom. The van der Waals surface area contributed by atoms with E-state index in [2.05, 4.69) is 0 Å². The molecule has 0 aromatic heterocycles. The van der Waals surface area contributed by atoms with Gasteiger partial charge in [-0.05, 0) is 10.4 Å². The minimum absolute atomic E-state index is 0.361. The molecule has 0 N–H and O–H groups in total. The molecule has 1 heterocycles. The Hall–Kier alpha value is -1.90. The van der Waals surface area contributed by atoms with E-state index in [9.17, 15) is 9.59 Å². The van der Waals surface area contributed by atoms with E-state index in [1.165, 1.54) is 0 Å². The Morgan fingerprint density at radius 2 is 2.00 bits per heavy atom. The number of Topliss-reactive ketones (excluding diaryl/α,β-unsaturated/α-hetero) is 1. The molecule has 1 aromatic carbocycles. The van der Waals surface area contributed by atoms with Crippen LogP contribution in [0.4, 0.5) is 0 Å². The lowest BCUT2D eigenvalue weighted by atomic mass is 9.96. The Bertz CT molecular complexity index is 583. The predicted octanol–water partition coefficient (Wildman–Crippen LogP) is -0.484. The van der Waals surface area contributed by atoms with E-state index < -0.39 is 11.8 Å². The molecule has 1 aliphatic carbocycles. The molecule has 3 rings (SSSR count). The number of fused-ring (bicyclic) bond motifs is 2. The molecule has 1 atom stereocenters. The van der Waals surface area contributed by atoms with Crippen LogP contribution in [-0.2, 0) is 14.3 Å². The average Bonchev–Trinajstić information content (AvgIpc) is 2.55. The zero-order valence-electron chi connectivity index (χ0n) is 7.90. The first-order valence-electron chi connectivity index (χ1n) is 4.82. The highest BCUT2D eigenvalue weighted by atomic mass is 16.6. The van der Waals surface area contributed by atoms with Gasteiger partial charge in [0.05, 0.1) is 5.57 Å². The highest BCUT2D eigenvalue weighted by molar-refractivity contribution is 6.52. The standard InChI is InChI=1S/C12H8O3/c13-11-10-8-4-2-1-3-7(8)5-6-9(10)15-12(11)14/h1-5,9H,6H2. The normalized spacial score (nSPS) is 22.9. The Kier molecular flexibility index (Phi) is 1.57. The number of hydrogen-bond donors (Lipinski definition) is 0. The number of benzene rings is 1. The van der Waals surface area contributed by atoms with Gasteiger partial charge in [0.25, 0.3) is 5.78 Å². The zero-order valence-corrected chi connectivity index (χ0v) is 7.90. The van der Waals surface area contributed by atoms with Gasteiger partial charge in [0.1, 0.15) is 6.10 Å². The van der Waals surface area contributed by atoms with Crippen LogP contribution in [0.25, 0.3) is 11.6 Å². The Labute approximate surface area is 85.7 Å². The van der Waals surface area contributed by atoms with E-state index in [4.69, 9.17) is 4.74 Å². The number of carbonyl (C=O) groups is 2. The molecule has 15 heavy (non-hydrogen) atoms. The van der Waals surface area contributed by atoms with Crippen LogP contribution in [0.1, 0.15) is 6.42 Å². The van der Waals surface area contributed by atoms with Gasteiger partial charge in [-0.1, -0.05) is 30.3 Å². The third-order valence-corrected chi connectivity index (χ3v) is 2.80. The van der Waals surface area contributed by atoms with Crippen molar-refractivity contribution in [3.8, 4) is 0 Å². The molecule has 0 spiro atoms. The second-order valence-electron chi connectivity index (χ2n) is 3.66. The van der Waals surface area contributed by atoms with E-state index in [1.54, 1.807) is 0 Å². The zero-order chi connectivity index (χ0) is 10.4. The molecule has 0 amide bonds. The quantitative estimate of drug-likeness (QED) is 0.419. The van der Waals surface area contributed by atoms with Gasteiger partial charge in [-0.2, -0.15) is 0 Å². The van der Waals surface area contributed by atoms with Crippen molar-refractivity contribution in [3.63, 3.8) is 0 Å². The van der Waals surface area contributed by atoms with Crippen molar-refractivity contribution < 1.29 is 14.3 Å². The summed E-state index contributed by atoms with van der Waals surface area (Å²) in [7, 11) is 0. The fourth-order valence-electron chi connectivity index (χ4n) is 2.11. The van der Waals surface area contributed by atoms with E-state index >= 15 is 0 Å². The summed E-state index contributed by atoms with van der Waals surface area (Å²) in [5.41, 5.74) is 0.526. The number of ether oxygens (including phenoxy) is 1. The summed E-state index contributed by atoms with van der Waals surface area (Å²) in [5, 5.41) is 1.85. The van der Waals surface area contributed by atoms with Crippen LogP contribution in [0.2, 0.25) is 0 Å². The van der Waals surface area contributed by atoms with Crippen molar-refractivity contribution in [3.05, 3.63) is 34.7 Å². The van der Waals surface area contributed by atoms with Crippen molar-refractivity contribution >= 4 is 23.4 Å². The molecule has 1 aliphatic heterocycles. The van der Waals surface area contributed by atoms with Crippen molar-refractivity contribution in [1.29, 1.82) is 0 Å². The SMILES string of the molecule is O=C1OC2CC=c3ccccc3=C2C1=O. The third kappa shape index (κ3) is 1.06. The van der Waals surface area contributed by atoms with Gasteiger partial charge < -0.3 is 4.74 Å². The van der Waals surface area contributed by atoms with Crippen LogP contribution < -0.4 is 10.4 Å². The molecule has 2 aliphatic rings. The monoisotopic (exact) mass is 200 g/mol. The van der Waals surface area contributed by atoms with E-state index in [0.717, 1.165) is 10.4 Å². The molecule has 1 unspecified atom stereocenters.